The Bertz CT molecular complexity index is 579. The number of pyridine rings is 1. The van der Waals surface area contributed by atoms with Crippen molar-refractivity contribution >= 4 is 23.5 Å². The molecule has 0 amide bonds. The highest BCUT2D eigenvalue weighted by atomic mass is 32.1. The molecule has 1 nitrogen and oxygen atoms in total. The Balaban J connectivity index is 2.67. The summed E-state index contributed by atoms with van der Waals surface area (Å²) in [7, 11) is 0. The average Bonchev–Trinajstić information content (AvgIpc) is 2.27. The first-order valence-electron chi connectivity index (χ1n) is 6.33. The molecule has 0 radical (unpaired) electrons. The summed E-state index contributed by atoms with van der Waals surface area (Å²) in [6.07, 6.45) is 0. The monoisotopic (exact) mass is 259 g/mol. The Morgan fingerprint density at radius 1 is 1.06 bits per heavy atom. The van der Waals surface area contributed by atoms with E-state index in [0.29, 0.717) is 0 Å². The van der Waals surface area contributed by atoms with Crippen molar-refractivity contribution in [3.8, 4) is 0 Å². The number of thiol groups is 1. The van der Waals surface area contributed by atoms with Crippen molar-refractivity contribution < 1.29 is 0 Å². The number of fused-ring (bicyclic) bond motifs is 1. The average molecular weight is 259 g/mol. The maximum atomic E-state index is 4.83. The lowest BCUT2D eigenvalue weighted by molar-refractivity contribution is 0.405. The first-order chi connectivity index (χ1) is 8.23. The molecule has 0 aliphatic rings. The van der Waals surface area contributed by atoms with Crippen molar-refractivity contribution in [2.24, 2.45) is 0 Å². The highest BCUT2D eigenvalue weighted by molar-refractivity contribution is 7.81. The molecule has 0 fully saturated rings. The third-order valence-electron chi connectivity index (χ3n) is 4.09. The van der Waals surface area contributed by atoms with Crippen LogP contribution >= 0.6 is 12.6 Å². The fraction of sp³-hybridized carbons (Fsp3) is 0.438. The minimum Gasteiger partial charge on any atom is -0.252 e. The van der Waals surface area contributed by atoms with E-state index in [1.165, 1.54) is 10.9 Å². The lowest BCUT2D eigenvalue weighted by Crippen LogP contribution is -2.38. The van der Waals surface area contributed by atoms with E-state index in [2.05, 4.69) is 58.9 Å². The van der Waals surface area contributed by atoms with Gasteiger partial charge in [0, 0.05) is 21.2 Å². The summed E-state index contributed by atoms with van der Waals surface area (Å²) in [5, 5.41) is 1.23. The number of aryl methyl sites for hydroxylation is 1. The van der Waals surface area contributed by atoms with Crippen molar-refractivity contribution in [1.29, 1.82) is 0 Å². The number of benzene rings is 1. The standard InChI is InChI=1S/C16H21NS/c1-11-10-14(15(2,3)16(4,5)18)17-13-9-7-6-8-12(11)13/h6-10,18H,1-5H3. The second kappa shape index (κ2) is 4.27. The number of aromatic nitrogens is 1. The molecule has 0 unspecified atom stereocenters. The summed E-state index contributed by atoms with van der Waals surface area (Å²) in [5.41, 5.74) is 3.38. The third kappa shape index (κ3) is 2.14. The van der Waals surface area contributed by atoms with Crippen LogP contribution in [0.15, 0.2) is 30.3 Å². The summed E-state index contributed by atoms with van der Waals surface area (Å²) >= 11 is 4.74. The molecular weight excluding hydrogens is 238 g/mol. The maximum absolute atomic E-state index is 4.83. The van der Waals surface area contributed by atoms with E-state index in [4.69, 9.17) is 17.6 Å². The lowest BCUT2D eigenvalue weighted by atomic mass is 9.76. The summed E-state index contributed by atoms with van der Waals surface area (Å²) in [4.78, 5) is 4.83. The molecule has 0 aliphatic heterocycles. The summed E-state index contributed by atoms with van der Waals surface area (Å²) < 4.78 is -0.116. The molecule has 0 bridgehead atoms. The normalized spacial score (nSPS) is 13.0. The van der Waals surface area contributed by atoms with Gasteiger partial charge in [-0.3, -0.25) is 4.98 Å². The summed E-state index contributed by atoms with van der Waals surface area (Å²) in [6.45, 7) is 10.8. The highest BCUT2D eigenvalue weighted by Gasteiger charge is 2.36. The minimum absolute atomic E-state index is 0.0785. The number of hydrogen-bond donors (Lipinski definition) is 1. The zero-order chi connectivity index (χ0) is 13.6. The fourth-order valence-corrected chi connectivity index (χ4v) is 2.10. The van der Waals surface area contributed by atoms with E-state index in [9.17, 15) is 0 Å². The second-order valence-corrected chi connectivity index (χ2v) is 7.14. The Morgan fingerprint density at radius 2 is 1.67 bits per heavy atom. The molecular formula is C16H21NS. The molecule has 0 aliphatic carbocycles. The van der Waals surface area contributed by atoms with Gasteiger partial charge in [0.25, 0.3) is 0 Å². The van der Waals surface area contributed by atoms with Gasteiger partial charge in [0.05, 0.1) is 5.52 Å². The molecule has 96 valence electrons. The Morgan fingerprint density at radius 3 is 2.28 bits per heavy atom. The number of rotatable bonds is 2. The van der Waals surface area contributed by atoms with Crippen LogP contribution in [0.1, 0.15) is 39.0 Å². The van der Waals surface area contributed by atoms with Crippen molar-refractivity contribution in [2.45, 2.75) is 44.8 Å². The zero-order valence-electron chi connectivity index (χ0n) is 11.8. The van der Waals surface area contributed by atoms with Gasteiger partial charge in [0.15, 0.2) is 0 Å². The van der Waals surface area contributed by atoms with Gasteiger partial charge in [-0.05, 0) is 24.6 Å². The molecule has 0 spiro atoms. The van der Waals surface area contributed by atoms with Gasteiger partial charge in [-0.1, -0.05) is 45.9 Å². The predicted molar refractivity (Wildman–Crippen MR) is 82.6 cm³/mol. The van der Waals surface area contributed by atoms with Crippen LogP contribution in [0, 0.1) is 6.92 Å². The Kier molecular flexibility index (Phi) is 3.18. The van der Waals surface area contributed by atoms with Crippen LogP contribution < -0.4 is 0 Å². The topological polar surface area (TPSA) is 12.9 Å². The quantitative estimate of drug-likeness (QED) is 0.782. The Labute approximate surface area is 115 Å². The molecule has 1 aromatic heterocycles. The van der Waals surface area contributed by atoms with Crippen LogP contribution in [0.5, 0.6) is 0 Å². The number of para-hydroxylation sites is 1. The molecule has 0 atom stereocenters. The van der Waals surface area contributed by atoms with E-state index in [-0.39, 0.29) is 10.2 Å². The van der Waals surface area contributed by atoms with Crippen LogP contribution in [0.25, 0.3) is 10.9 Å². The van der Waals surface area contributed by atoms with E-state index >= 15 is 0 Å². The molecule has 1 aromatic carbocycles. The molecule has 18 heavy (non-hydrogen) atoms. The second-order valence-electron chi connectivity index (χ2n) is 6.03. The van der Waals surface area contributed by atoms with Gasteiger partial charge in [0.2, 0.25) is 0 Å². The van der Waals surface area contributed by atoms with Gasteiger partial charge in [-0.15, -0.1) is 0 Å². The van der Waals surface area contributed by atoms with E-state index in [0.717, 1.165) is 11.2 Å². The predicted octanol–water partition coefficient (Wildman–Crippen LogP) is 4.53. The van der Waals surface area contributed by atoms with E-state index < -0.39 is 0 Å². The molecule has 0 saturated heterocycles. The van der Waals surface area contributed by atoms with E-state index in [1.807, 2.05) is 6.07 Å². The van der Waals surface area contributed by atoms with Crippen LogP contribution in [-0.2, 0) is 5.41 Å². The number of hydrogen-bond acceptors (Lipinski definition) is 2. The first-order valence-corrected chi connectivity index (χ1v) is 6.77. The highest BCUT2D eigenvalue weighted by Crippen LogP contribution is 2.39. The molecule has 2 aromatic rings. The van der Waals surface area contributed by atoms with Crippen molar-refractivity contribution in [3.63, 3.8) is 0 Å². The van der Waals surface area contributed by atoms with Gasteiger partial charge in [0.1, 0.15) is 0 Å². The Hall–Kier alpha value is -1.02. The zero-order valence-corrected chi connectivity index (χ0v) is 12.7. The lowest BCUT2D eigenvalue weighted by Gasteiger charge is -2.37. The van der Waals surface area contributed by atoms with Crippen molar-refractivity contribution in [2.75, 3.05) is 0 Å². The molecule has 0 N–H and O–H groups in total. The van der Waals surface area contributed by atoms with Gasteiger partial charge < -0.3 is 0 Å². The van der Waals surface area contributed by atoms with Gasteiger partial charge in [-0.2, -0.15) is 12.6 Å². The van der Waals surface area contributed by atoms with Crippen LogP contribution in [0.4, 0.5) is 0 Å². The summed E-state index contributed by atoms with van der Waals surface area (Å²) in [5.74, 6) is 0. The van der Waals surface area contributed by atoms with Crippen molar-refractivity contribution in [3.05, 3.63) is 41.6 Å². The van der Waals surface area contributed by atoms with E-state index in [1.54, 1.807) is 0 Å². The van der Waals surface area contributed by atoms with Gasteiger partial charge in [-0.25, -0.2) is 0 Å². The number of nitrogens with zero attached hydrogens (tertiary/aromatic N) is 1. The SMILES string of the molecule is Cc1cc(C(C)(C)C(C)(C)S)nc2ccccc12. The minimum atomic E-state index is -0.116. The molecule has 2 rings (SSSR count). The third-order valence-corrected chi connectivity index (χ3v) is 4.65. The maximum Gasteiger partial charge on any atom is 0.0708 e. The smallest absolute Gasteiger partial charge is 0.0708 e. The summed E-state index contributed by atoms with van der Waals surface area (Å²) in [6, 6.07) is 10.5. The van der Waals surface area contributed by atoms with Crippen LogP contribution in [-0.4, -0.2) is 9.73 Å². The molecule has 0 saturated carbocycles. The first kappa shape index (κ1) is 13.4. The van der Waals surface area contributed by atoms with Crippen LogP contribution in [0.2, 0.25) is 0 Å². The van der Waals surface area contributed by atoms with Crippen LogP contribution in [0.3, 0.4) is 0 Å². The van der Waals surface area contributed by atoms with Gasteiger partial charge >= 0.3 is 0 Å². The largest absolute Gasteiger partial charge is 0.252 e. The molecule has 2 heteroatoms. The fourth-order valence-electron chi connectivity index (χ4n) is 1.98. The molecule has 1 heterocycles. The van der Waals surface area contributed by atoms with Crippen molar-refractivity contribution in [1.82, 2.24) is 4.98 Å².